The number of carbonyl (C=O) groups excluding carboxylic acids is 1. The van der Waals surface area contributed by atoms with Crippen molar-refractivity contribution < 1.29 is 19.8 Å². The van der Waals surface area contributed by atoms with Crippen LogP contribution in [0, 0.1) is 0 Å². The van der Waals surface area contributed by atoms with Crippen molar-refractivity contribution in [1.29, 1.82) is 0 Å². The van der Waals surface area contributed by atoms with E-state index in [0.717, 1.165) is 42.5 Å². The molecule has 0 saturated carbocycles. The Hall–Kier alpha value is -2.87. The molecule has 0 aromatic heterocycles. The zero-order chi connectivity index (χ0) is 22.2. The Morgan fingerprint density at radius 3 is 2.48 bits per heavy atom. The fraction of sp³-hybridized carbons (Fsp3) is 0.304. The van der Waals surface area contributed by atoms with Crippen LogP contribution in [0.1, 0.15) is 23.2 Å². The molecule has 0 saturated heterocycles. The van der Waals surface area contributed by atoms with Crippen LogP contribution in [0.2, 0.25) is 5.02 Å². The molecule has 0 atom stereocenters. The van der Waals surface area contributed by atoms with Crippen molar-refractivity contribution >= 4 is 40.5 Å². The molecule has 0 bridgehead atoms. The third-order valence-corrected chi connectivity index (χ3v) is 5.26. The Morgan fingerprint density at radius 1 is 1.03 bits per heavy atom. The van der Waals surface area contributed by atoms with Gasteiger partial charge in [-0.3, -0.25) is 4.79 Å². The number of aliphatic hydroxyl groups is 1. The highest BCUT2D eigenvalue weighted by Crippen LogP contribution is 2.41. The average molecular weight is 444 g/mol. The third-order valence-electron chi connectivity index (χ3n) is 5.02. The van der Waals surface area contributed by atoms with Gasteiger partial charge in [0, 0.05) is 30.7 Å². The van der Waals surface area contributed by atoms with Gasteiger partial charge in [0.2, 0.25) is 0 Å². The Labute approximate surface area is 186 Å². The number of benzene rings is 2. The molecule has 0 fully saturated rings. The number of hydrogen-bond donors (Lipinski definition) is 3. The summed E-state index contributed by atoms with van der Waals surface area (Å²) in [5.74, 6) is -1.12. The first-order valence-electron chi connectivity index (χ1n) is 10.2. The number of anilines is 3. The molecule has 0 unspecified atom stereocenters. The van der Waals surface area contributed by atoms with E-state index in [4.69, 9.17) is 16.7 Å². The van der Waals surface area contributed by atoms with Crippen LogP contribution in [0.3, 0.4) is 0 Å². The summed E-state index contributed by atoms with van der Waals surface area (Å²) in [4.78, 5) is 27.5. The van der Waals surface area contributed by atoms with Gasteiger partial charge in [-0.25, -0.2) is 4.79 Å². The molecule has 8 heteroatoms. The van der Waals surface area contributed by atoms with Gasteiger partial charge in [0.05, 0.1) is 29.2 Å². The largest absolute Gasteiger partial charge is 0.478 e. The van der Waals surface area contributed by atoms with Crippen LogP contribution in [0.4, 0.5) is 17.1 Å². The highest BCUT2D eigenvalue weighted by molar-refractivity contribution is 6.31. The number of para-hydroxylation sites is 2. The molecule has 0 aliphatic carbocycles. The minimum Gasteiger partial charge on any atom is -0.478 e. The topological polar surface area (TPSA) is 93.1 Å². The molecular formula is C23H26ClN3O4. The maximum Gasteiger partial charge on any atom is 0.328 e. The number of unbranched alkanes of at least 4 members (excludes halogenated alkanes) is 1. The summed E-state index contributed by atoms with van der Waals surface area (Å²) in [6.45, 7) is 2.00. The molecule has 7 nitrogen and oxygen atoms in total. The normalized spacial score (nSPS) is 13.3. The van der Waals surface area contributed by atoms with E-state index >= 15 is 0 Å². The number of fused-ring (bicyclic) bond motifs is 2. The van der Waals surface area contributed by atoms with Gasteiger partial charge in [-0.1, -0.05) is 29.8 Å². The number of aliphatic hydroxyl groups excluding tert-OH is 1. The number of carbonyl (C=O) groups is 2. The SMILES string of the molecule is O=C(O)/C=C/CNCCCCN1c2cc(Cl)ccc2C(=O)N(CCO)c2ccccc21. The summed E-state index contributed by atoms with van der Waals surface area (Å²) in [7, 11) is 0. The number of amides is 1. The van der Waals surface area contributed by atoms with Gasteiger partial charge in [0.1, 0.15) is 0 Å². The molecule has 3 N–H and O–H groups in total. The number of β-amino-alcohol motifs (C(OH)–C–C–N with tert-alkyl or cyclic N) is 1. The van der Waals surface area contributed by atoms with E-state index in [2.05, 4.69) is 10.2 Å². The quantitative estimate of drug-likeness (QED) is 0.385. The summed E-state index contributed by atoms with van der Waals surface area (Å²) in [5.41, 5.74) is 2.95. The number of carboxylic acid groups (broad SMARTS) is 1. The monoisotopic (exact) mass is 443 g/mol. The van der Waals surface area contributed by atoms with Gasteiger partial charge in [0.25, 0.3) is 5.91 Å². The second kappa shape index (κ2) is 10.9. The lowest BCUT2D eigenvalue weighted by molar-refractivity contribution is -0.131. The second-order valence-electron chi connectivity index (χ2n) is 7.13. The minimum absolute atomic E-state index is 0.134. The first kappa shape index (κ1) is 22.8. The lowest BCUT2D eigenvalue weighted by atomic mass is 10.1. The van der Waals surface area contributed by atoms with Gasteiger partial charge < -0.3 is 25.3 Å². The van der Waals surface area contributed by atoms with Crippen LogP contribution in [-0.4, -0.2) is 54.9 Å². The number of hydrogen-bond acceptors (Lipinski definition) is 5. The van der Waals surface area contributed by atoms with Crippen LogP contribution < -0.4 is 15.1 Å². The van der Waals surface area contributed by atoms with E-state index in [1.807, 2.05) is 30.3 Å². The summed E-state index contributed by atoms with van der Waals surface area (Å²) >= 11 is 6.27. The van der Waals surface area contributed by atoms with Gasteiger partial charge in [-0.15, -0.1) is 0 Å². The third kappa shape index (κ3) is 5.64. The van der Waals surface area contributed by atoms with E-state index in [-0.39, 0.29) is 19.1 Å². The van der Waals surface area contributed by atoms with Crippen molar-refractivity contribution in [2.75, 3.05) is 42.6 Å². The first-order chi connectivity index (χ1) is 15.0. The number of nitrogens with one attached hydrogen (secondary N) is 1. The van der Waals surface area contributed by atoms with Crippen LogP contribution in [0.25, 0.3) is 0 Å². The van der Waals surface area contributed by atoms with E-state index in [1.54, 1.807) is 23.1 Å². The predicted molar refractivity (Wildman–Crippen MR) is 123 cm³/mol. The molecule has 0 radical (unpaired) electrons. The van der Waals surface area contributed by atoms with Crippen LogP contribution >= 0.6 is 11.6 Å². The Kier molecular flexibility index (Phi) is 8.06. The van der Waals surface area contributed by atoms with Gasteiger partial charge in [-0.2, -0.15) is 0 Å². The molecule has 2 aromatic rings. The first-order valence-corrected chi connectivity index (χ1v) is 10.6. The number of halogens is 1. The summed E-state index contributed by atoms with van der Waals surface area (Å²) in [6.07, 6.45) is 4.43. The second-order valence-corrected chi connectivity index (χ2v) is 7.57. The number of nitrogens with zero attached hydrogens (tertiary/aromatic N) is 2. The summed E-state index contributed by atoms with van der Waals surface area (Å²) in [5, 5.41) is 21.9. The van der Waals surface area contributed by atoms with E-state index in [1.165, 1.54) is 0 Å². The fourth-order valence-electron chi connectivity index (χ4n) is 3.64. The van der Waals surface area contributed by atoms with E-state index in [0.29, 0.717) is 23.7 Å². The van der Waals surface area contributed by atoms with Crippen molar-refractivity contribution in [2.24, 2.45) is 0 Å². The van der Waals surface area contributed by atoms with Gasteiger partial charge >= 0.3 is 5.97 Å². The molecule has 3 rings (SSSR count). The molecule has 1 amide bonds. The zero-order valence-corrected chi connectivity index (χ0v) is 17.9. The Morgan fingerprint density at radius 2 is 1.77 bits per heavy atom. The van der Waals surface area contributed by atoms with Gasteiger partial charge in [0.15, 0.2) is 0 Å². The smallest absolute Gasteiger partial charge is 0.328 e. The molecule has 1 aliphatic heterocycles. The van der Waals surface area contributed by atoms with Crippen LogP contribution in [0.15, 0.2) is 54.6 Å². The maximum absolute atomic E-state index is 13.3. The fourth-order valence-corrected chi connectivity index (χ4v) is 3.81. The van der Waals surface area contributed by atoms with Crippen molar-refractivity contribution in [2.45, 2.75) is 12.8 Å². The molecule has 1 heterocycles. The van der Waals surface area contributed by atoms with Gasteiger partial charge in [-0.05, 0) is 49.7 Å². The predicted octanol–water partition coefficient (Wildman–Crippen LogP) is 3.44. The minimum atomic E-state index is -0.955. The molecule has 31 heavy (non-hydrogen) atoms. The zero-order valence-electron chi connectivity index (χ0n) is 17.1. The Bertz CT molecular complexity index is 964. The van der Waals surface area contributed by atoms with E-state index < -0.39 is 5.97 Å². The Balaban J connectivity index is 1.80. The average Bonchev–Trinajstić information content (AvgIpc) is 2.84. The number of rotatable bonds is 10. The molecule has 2 aromatic carbocycles. The highest BCUT2D eigenvalue weighted by atomic mass is 35.5. The van der Waals surface area contributed by atoms with Crippen molar-refractivity contribution in [3.05, 3.63) is 65.2 Å². The maximum atomic E-state index is 13.3. The van der Waals surface area contributed by atoms with Crippen LogP contribution in [0.5, 0.6) is 0 Å². The lowest BCUT2D eigenvalue weighted by Crippen LogP contribution is -2.32. The summed E-state index contributed by atoms with van der Waals surface area (Å²) < 4.78 is 0. The molecule has 164 valence electrons. The molecular weight excluding hydrogens is 418 g/mol. The lowest BCUT2D eigenvalue weighted by Gasteiger charge is -2.27. The number of aliphatic carboxylic acids is 1. The van der Waals surface area contributed by atoms with Crippen LogP contribution in [-0.2, 0) is 4.79 Å². The van der Waals surface area contributed by atoms with E-state index in [9.17, 15) is 14.7 Å². The number of carboxylic acids is 1. The molecule has 0 spiro atoms. The van der Waals surface area contributed by atoms with Crippen molar-refractivity contribution in [1.82, 2.24) is 5.32 Å². The standard InChI is InChI=1S/C23H26ClN3O4/c24-17-9-10-18-21(16-17)26(13-4-3-11-25-12-5-8-22(29)30)19-6-1-2-7-20(19)27(14-15-28)23(18)31/h1-2,5-10,16,25,28H,3-4,11-15H2,(H,29,30)/b8-5+. The molecule has 1 aliphatic rings. The summed E-state index contributed by atoms with van der Waals surface area (Å²) in [6, 6.07) is 12.9. The van der Waals surface area contributed by atoms with Crippen molar-refractivity contribution in [3.8, 4) is 0 Å². The van der Waals surface area contributed by atoms with Crippen molar-refractivity contribution in [3.63, 3.8) is 0 Å². The highest BCUT2D eigenvalue weighted by Gasteiger charge is 2.30.